The highest BCUT2D eigenvalue weighted by atomic mass is 16.7. The number of hydrogen-bond donors (Lipinski definition) is 4. The number of piperidine rings is 1. The molecular weight excluding hydrogens is 500 g/mol. The average molecular weight is 537 g/mol. The van der Waals surface area contributed by atoms with Crippen LogP contribution in [0.2, 0.25) is 0 Å². The van der Waals surface area contributed by atoms with Gasteiger partial charge in [-0.2, -0.15) is 5.48 Å². The van der Waals surface area contributed by atoms with E-state index in [9.17, 15) is 14.7 Å². The molecule has 0 aromatic heterocycles. The number of aliphatic carboxylic acids is 2. The Kier molecular flexibility index (Phi) is 8.69. The third kappa shape index (κ3) is 7.09. The number of hydroxylamine groups is 1. The summed E-state index contributed by atoms with van der Waals surface area (Å²) in [6.45, 7) is 1.59. The van der Waals surface area contributed by atoms with Crippen molar-refractivity contribution in [2.24, 2.45) is 4.99 Å². The highest BCUT2D eigenvalue weighted by Crippen LogP contribution is 2.36. The molecule has 4 N–H and O–H groups in total. The van der Waals surface area contributed by atoms with Gasteiger partial charge in [0.1, 0.15) is 12.8 Å². The number of hydrogen-bond acceptors (Lipinski definition) is 8. The Morgan fingerprint density at radius 3 is 2.62 bits per heavy atom. The molecule has 2 saturated heterocycles. The second-order valence-electron chi connectivity index (χ2n) is 10.6. The van der Waals surface area contributed by atoms with E-state index >= 15 is 0 Å². The summed E-state index contributed by atoms with van der Waals surface area (Å²) < 4.78 is 5.90. The van der Waals surface area contributed by atoms with Crippen LogP contribution in [0.15, 0.2) is 53.5 Å². The van der Waals surface area contributed by atoms with Crippen LogP contribution < -0.4 is 10.8 Å². The van der Waals surface area contributed by atoms with Crippen molar-refractivity contribution < 1.29 is 29.4 Å². The van der Waals surface area contributed by atoms with Gasteiger partial charge in [0, 0.05) is 32.3 Å². The first-order valence-corrected chi connectivity index (χ1v) is 13.5. The summed E-state index contributed by atoms with van der Waals surface area (Å²) in [6, 6.07) is 16.7. The fourth-order valence-electron chi connectivity index (χ4n) is 5.80. The lowest BCUT2D eigenvalue weighted by molar-refractivity contribution is -0.159. The van der Waals surface area contributed by atoms with Gasteiger partial charge in [0.2, 0.25) is 0 Å². The Morgan fingerprint density at radius 2 is 1.87 bits per heavy atom. The quantitative estimate of drug-likeness (QED) is 0.338. The van der Waals surface area contributed by atoms with E-state index in [1.54, 1.807) is 0 Å². The number of nitrogens with zero attached hydrogens (tertiary/aromatic N) is 2. The lowest BCUT2D eigenvalue weighted by Gasteiger charge is -2.42. The molecule has 10 nitrogen and oxygen atoms in total. The van der Waals surface area contributed by atoms with Crippen molar-refractivity contribution in [1.82, 2.24) is 15.7 Å². The number of carbonyl (C=O) groups is 2. The normalized spacial score (nSPS) is 25.0. The minimum Gasteiger partial charge on any atom is -0.480 e. The minimum atomic E-state index is -1.02. The molecule has 39 heavy (non-hydrogen) atoms. The van der Waals surface area contributed by atoms with E-state index in [0.717, 1.165) is 30.5 Å². The van der Waals surface area contributed by atoms with Crippen molar-refractivity contribution >= 4 is 18.2 Å². The van der Waals surface area contributed by atoms with Crippen LogP contribution in [0, 0.1) is 0 Å². The Labute approximate surface area is 228 Å². The van der Waals surface area contributed by atoms with E-state index in [1.807, 2.05) is 11.1 Å². The summed E-state index contributed by atoms with van der Waals surface area (Å²) in [6.07, 6.45) is 5.15. The van der Waals surface area contributed by atoms with Crippen LogP contribution in [0.25, 0.3) is 0 Å². The zero-order valence-corrected chi connectivity index (χ0v) is 21.9. The number of likely N-dealkylation sites (tertiary alicyclic amines) is 1. The monoisotopic (exact) mass is 536 g/mol. The summed E-state index contributed by atoms with van der Waals surface area (Å²) in [5.74, 6) is -1.88. The average Bonchev–Trinajstić information content (AvgIpc) is 3.40. The number of ether oxygens (including phenoxy) is 1. The van der Waals surface area contributed by atoms with Crippen LogP contribution in [-0.4, -0.2) is 77.8 Å². The van der Waals surface area contributed by atoms with E-state index in [4.69, 9.17) is 19.7 Å². The summed E-state index contributed by atoms with van der Waals surface area (Å²) >= 11 is 0. The number of carboxylic acid groups (broad SMARTS) is 2. The van der Waals surface area contributed by atoms with Crippen molar-refractivity contribution in [2.45, 2.75) is 56.0 Å². The molecule has 0 bridgehead atoms. The van der Waals surface area contributed by atoms with Gasteiger partial charge < -0.3 is 14.9 Å². The summed E-state index contributed by atoms with van der Waals surface area (Å²) in [4.78, 5) is 34.9. The van der Waals surface area contributed by atoms with E-state index in [1.165, 1.54) is 11.1 Å². The number of benzene rings is 2. The number of rotatable bonds is 10. The van der Waals surface area contributed by atoms with Crippen molar-refractivity contribution in [2.75, 3.05) is 32.8 Å². The Balaban J connectivity index is 1.17. The van der Waals surface area contributed by atoms with Crippen LogP contribution >= 0.6 is 0 Å². The smallest absolute Gasteiger partial charge is 0.329 e. The molecule has 3 atom stereocenters. The van der Waals surface area contributed by atoms with Crippen molar-refractivity contribution in [1.29, 1.82) is 0 Å². The third-order valence-corrected chi connectivity index (χ3v) is 7.90. The van der Waals surface area contributed by atoms with Crippen LogP contribution in [0.4, 0.5) is 0 Å². The Morgan fingerprint density at radius 1 is 1.10 bits per heavy atom. The van der Waals surface area contributed by atoms with Gasteiger partial charge in [-0.15, -0.1) is 0 Å². The predicted octanol–water partition coefficient (Wildman–Crippen LogP) is 2.70. The SMILES string of the molecule is O=C(O)COC1(CC2CC(c3ccc(C=NC4NCCc5ccccc54)cc3)NO2)CCN(CC(=O)O)CC1. The van der Waals surface area contributed by atoms with Crippen molar-refractivity contribution in [3.8, 4) is 0 Å². The lowest BCUT2D eigenvalue weighted by atomic mass is 9.84. The Bertz CT molecular complexity index is 1180. The van der Waals surface area contributed by atoms with Gasteiger partial charge >= 0.3 is 11.9 Å². The molecule has 2 fully saturated rings. The molecule has 5 rings (SSSR count). The molecule has 10 heteroatoms. The molecule has 3 heterocycles. The van der Waals surface area contributed by atoms with Gasteiger partial charge in [0.15, 0.2) is 0 Å². The second kappa shape index (κ2) is 12.4. The molecule has 0 radical (unpaired) electrons. The molecule has 2 aromatic rings. The zero-order chi connectivity index (χ0) is 27.2. The third-order valence-electron chi connectivity index (χ3n) is 7.90. The van der Waals surface area contributed by atoms with Gasteiger partial charge in [0.05, 0.1) is 24.3 Å². The number of fused-ring (bicyclic) bond motifs is 1. The van der Waals surface area contributed by atoms with Crippen LogP contribution in [-0.2, 0) is 25.6 Å². The molecule has 0 saturated carbocycles. The second-order valence-corrected chi connectivity index (χ2v) is 10.6. The summed E-state index contributed by atoms with van der Waals surface area (Å²) in [7, 11) is 0. The van der Waals surface area contributed by atoms with E-state index in [2.05, 4.69) is 59.3 Å². The standard InChI is InChI=1S/C29H36N4O6/c34-26(35)18-33-13-10-29(11-14-33,38-19-27(36)37)16-23-15-25(32-39-23)22-7-5-20(6-8-22)17-31-28-24-4-2-1-3-21(24)9-12-30-28/h1-8,17,23,25,28,30,32H,9-16,18-19H2,(H,34,35)(H,36,37). The fourth-order valence-corrected chi connectivity index (χ4v) is 5.80. The highest BCUT2D eigenvalue weighted by Gasteiger charge is 2.41. The molecule has 208 valence electrons. The zero-order valence-electron chi connectivity index (χ0n) is 21.9. The Hall–Kier alpha value is -3.15. The fraction of sp³-hybridized carbons (Fsp3) is 0.483. The molecule has 0 aliphatic carbocycles. The first-order valence-electron chi connectivity index (χ1n) is 13.5. The van der Waals surface area contributed by atoms with E-state index < -0.39 is 17.5 Å². The molecule has 3 aliphatic rings. The largest absolute Gasteiger partial charge is 0.480 e. The molecule has 3 unspecified atom stereocenters. The molecule has 0 spiro atoms. The number of carboxylic acids is 2. The van der Waals surface area contributed by atoms with Gasteiger partial charge in [-0.3, -0.25) is 24.8 Å². The van der Waals surface area contributed by atoms with Crippen LogP contribution in [0.1, 0.15) is 60.1 Å². The molecule has 0 amide bonds. The molecule has 2 aromatic carbocycles. The maximum Gasteiger partial charge on any atom is 0.329 e. The highest BCUT2D eigenvalue weighted by molar-refractivity contribution is 5.79. The van der Waals surface area contributed by atoms with Crippen molar-refractivity contribution in [3.05, 3.63) is 70.8 Å². The number of aliphatic imine (C=N–C) groups is 1. The van der Waals surface area contributed by atoms with Crippen LogP contribution in [0.5, 0.6) is 0 Å². The first kappa shape index (κ1) is 27.4. The number of nitrogens with one attached hydrogen (secondary N) is 2. The van der Waals surface area contributed by atoms with Crippen molar-refractivity contribution in [3.63, 3.8) is 0 Å². The maximum atomic E-state index is 11.2. The van der Waals surface area contributed by atoms with Gasteiger partial charge in [-0.1, -0.05) is 48.5 Å². The lowest BCUT2D eigenvalue weighted by Crippen LogP contribution is -2.49. The minimum absolute atomic E-state index is 0.0106. The van der Waals surface area contributed by atoms with Gasteiger partial charge in [-0.25, -0.2) is 4.79 Å². The maximum absolute atomic E-state index is 11.2. The predicted molar refractivity (Wildman–Crippen MR) is 145 cm³/mol. The van der Waals surface area contributed by atoms with E-state index in [0.29, 0.717) is 32.4 Å². The van der Waals surface area contributed by atoms with E-state index in [-0.39, 0.29) is 31.5 Å². The molecule has 3 aliphatic heterocycles. The van der Waals surface area contributed by atoms with Gasteiger partial charge in [-0.05, 0) is 47.9 Å². The van der Waals surface area contributed by atoms with Crippen LogP contribution in [0.3, 0.4) is 0 Å². The molecular formula is C29H36N4O6. The first-order chi connectivity index (χ1) is 18.9. The summed E-state index contributed by atoms with van der Waals surface area (Å²) in [5, 5.41) is 21.8. The van der Waals surface area contributed by atoms with Gasteiger partial charge in [0.25, 0.3) is 0 Å². The summed E-state index contributed by atoms with van der Waals surface area (Å²) in [5.41, 5.74) is 7.19. The topological polar surface area (TPSA) is 133 Å².